The summed E-state index contributed by atoms with van der Waals surface area (Å²) < 4.78 is 2.14. The topological polar surface area (TPSA) is 42.2 Å². The Labute approximate surface area is 107 Å². The molecule has 0 spiro atoms. The molecule has 0 bridgehead atoms. The summed E-state index contributed by atoms with van der Waals surface area (Å²) in [6, 6.07) is 4.35. The maximum absolute atomic E-state index is 10.7. The first kappa shape index (κ1) is 12.7. The number of carboxylic acids is 1. The van der Waals surface area contributed by atoms with Gasteiger partial charge in [0.05, 0.1) is 11.9 Å². The predicted molar refractivity (Wildman–Crippen MR) is 73.1 cm³/mol. The van der Waals surface area contributed by atoms with Crippen molar-refractivity contribution in [3.63, 3.8) is 0 Å². The molecule has 18 heavy (non-hydrogen) atoms. The molecule has 0 amide bonds. The fourth-order valence-corrected chi connectivity index (χ4v) is 2.81. The summed E-state index contributed by atoms with van der Waals surface area (Å²) in [6.45, 7) is 6.28. The number of hydrogen-bond donors (Lipinski definition) is 1. The highest BCUT2D eigenvalue weighted by Gasteiger charge is 2.14. The molecular formula is C15H19NO2. The van der Waals surface area contributed by atoms with Gasteiger partial charge in [0.15, 0.2) is 0 Å². The fraction of sp³-hybridized carbons (Fsp3) is 0.400. The van der Waals surface area contributed by atoms with E-state index in [0.29, 0.717) is 6.42 Å². The van der Waals surface area contributed by atoms with Crippen molar-refractivity contribution in [1.29, 1.82) is 0 Å². The highest BCUT2D eigenvalue weighted by molar-refractivity contribution is 5.88. The number of benzene rings is 1. The summed E-state index contributed by atoms with van der Waals surface area (Å²) in [6.07, 6.45) is 0.772. The van der Waals surface area contributed by atoms with E-state index in [2.05, 4.69) is 37.5 Å². The van der Waals surface area contributed by atoms with Crippen LogP contribution in [0.25, 0.3) is 10.9 Å². The molecule has 0 saturated carbocycles. The van der Waals surface area contributed by atoms with Gasteiger partial charge in [-0.1, -0.05) is 11.6 Å². The summed E-state index contributed by atoms with van der Waals surface area (Å²) in [7, 11) is 2.02. The SMILES string of the molecule is Cc1cc(C)c2c(c1)c(C)c(CCC(=O)O)n2C. The van der Waals surface area contributed by atoms with E-state index in [1.165, 1.54) is 27.6 Å². The molecule has 96 valence electrons. The maximum Gasteiger partial charge on any atom is 0.303 e. The van der Waals surface area contributed by atoms with Gasteiger partial charge in [0, 0.05) is 18.1 Å². The normalized spacial score (nSPS) is 11.1. The lowest BCUT2D eigenvalue weighted by Crippen LogP contribution is -2.03. The van der Waals surface area contributed by atoms with Crippen LogP contribution in [0.15, 0.2) is 12.1 Å². The number of rotatable bonds is 3. The Morgan fingerprint density at radius 2 is 1.94 bits per heavy atom. The van der Waals surface area contributed by atoms with Gasteiger partial charge in [0.2, 0.25) is 0 Å². The van der Waals surface area contributed by atoms with Gasteiger partial charge in [-0.25, -0.2) is 0 Å². The highest BCUT2D eigenvalue weighted by atomic mass is 16.4. The Hall–Kier alpha value is -1.77. The number of aliphatic carboxylic acids is 1. The number of fused-ring (bicyclic) bond motifs is 1. The minimum atomic E-state index is -0.743. The van der Waals surface area contributed by atoms with Crippen molar-refractivity contribution >= 4 is 16.9 Å². The molecular weight excluding hydrogens is 226 g/mol. The van der Waals surface area contributed by atoms with Crippen LogP contribution in [0.4, 0.5) is 0 Å². The minimum Gasteiger partial charge on any atom is -0.481 e. The van der Waals surface area contributed by atoms with Crippen LogP contribution in [0, 0.1) is 20.8 Å². The summed E-state index contributed by atoms with van der Waals surface area (Å²) >= 11 is 0. The molecule has 1 heterocycles. The average molecular weight is 245 g/mol. The average Bonchev–Trinajstić information content (AvgIpc) is 2.49. The van der Waals surface area contributed by atoms with Gasteiger partial charge in [-0.05, 0) is 44.4 Å². The van der Waals surface area contributed by atoms with E-state index in [4.69, 9.17) is 5.11 Å². The molecule has 0 aliphatic heterocycles. The predicted octanol–water partition coefficient (Wildman–Crippen LogP) is 3.12. The Morgan fingerprint density at radius 3 is 2.56 bits per heavy atom. The van der Waals surface area contributed by atoms with E-state index in [0.717, 1.165) is 5.69 Å². The Morgan fingerprint density at radius 1 is 1.28 bits per heavy atom. The lowest BCUT2D eigenvalue weighted by atomic mass is 10.0. The summed E-state index contributed by atoms with van der Waals surface area (Å²) in [5.74, 6) is -0.743. The van der Waals surface area contributed by atoms with E-state index >= 15 is 0 Å². The first-order valence-corrected chi connectivity index (χ1v) is 6.18. The zero-order valence-electron chi connectivity index (χ0n) is 11.4. The Bertz CT molecular complexity index is 623. The summed E-state index contributed by atoms with van der Waals surface area (Å²) in [4.78, 5) is 10.7. The van der Waals surface area contributed by atoms with Crippen LogP contribution in [-0.2, 0) is 18.3 Å². The lowest BCUT2D eigenvalue weighted by Gasteiger charge is -2.05. The van der Waals surface area contributed by atoms with Crippen LogP contribution < -0.4 is 0 Å². The van der Waals surface area contributed by atoms with E-state index in [1.807, 2.05) is 7.05 Å². The van der Waals surface area contributed by atoms with Crippen molar-refractivity contribution in [2.75, 3.05) is 0 Å². The Kier molecular flexibility index (Phi) is 3.16. The molecule has 0 unspecified atom stereocenters. The standard InChI is InChI=1S/C15H19NO2/c1-9-7-10(2)15-12(8-9)11(3)13(16(15)4)5-6-14(17)18/h7-8H,5-6H2,1-4H3,(H,17,18). The van der Waals surface area contributed by atoms with Gasteiger partial charge in [-0.2, -0.15) is 0 Å². The molecule has 2 rings (SSSR count). The van der Waals surface area contributed by atoms with Gasteiger partial charge in [0.1, 0.15) is 0 Å². The quantitative estimate of drug-likeness (QED) is 0.902. The fourth-order valence-electron chi connectivity index (χ4n) is 2.81. The number of hydrogen-bond acceptors (Lipinski definition) is 1. The molecule has 3 heteroatoms. The van der Waals surface area contributed by atoms with Crippen LogP contribution in [0.5, 0.6) is 0 Å². The number of carbonyl (C=O) groups is 1. The lowest BCUT2D eigenvalue weighted by molar-refractivity contribution is -0.136. The molecule has 0 saturated heterocycles. The summed E-state index contributed by atoms with van der Waals surface area (Å²) in [5.41, 5.74) is 6.05. The minimum absolute atomic E-state index is 0.184. The van der Waals surface area contributed by atoms with Gasteiger partial charge in [0.25, 0.3) is 0 Å². The van der Waals surface area contributed by atoms with Crippen molar-refractivity contribution in [2.45, 2.75) is 33.6 Å². The van der Waals surface area contributed by atoms with Crippen molar-refractivity contribution in [1.82, 2.24) is 4.57 Å². The van der Waals surface area contributed by atoms with Crippen LogP contribution in [0.3, 0.4) is 0 Å². The number of aromatic nitrogens is 1. The third-order valence-electron chi connectivity index (χ3n) is 3.60. The molecule has 2 aromatic rings. The third-order valence-corrected chi connectivity index (χ3v) is 3.60. The van der Waals surface area contributed by atoms with E-state index in [1.54, 1.807) is 0 Å². The van der Waals surface area contributed by atoms with Gasteiger partial charge in [-0.15, -0.1) is 0 Å². The van der Waals surface area contributed by atoms with Crippen LogP contribution >= 0.6 is 0 Å². The van der Waals surface area contributed by atoms with Crippen molar-refractivity contribution in [3.8, 4) is 0 Å². The van der Waals surface area contributed by atoms with Crippen LogP contribution in [0.1, 0.15) is 28.8 Å². The van der Waals surface area contributed by atoms with Gasteiger partial charge in [-0.3, -0.25) is 4.79 Å². The van der Waals surface area contributed by atoms with Crippen LogP contribution in [0.2, 0.25) is 0 Å². The smallest absolute Gasteiger partial charge is 0.303 e. The molecule has 0 atom stereocenters. The molecule has 0 radical (unpaired) electrons. The second-order valence-electron chi connectivity index (χ2n) is 5.00. The highest BCUT2D eigenvalue weighted by Crippen LogP contribution is 2.29. The largest absolute Gasteiger partial charge is 0.481 e. The van der Waals surface area contributed by atoms with Gasteiger partial charge >= 0.3 is 5.97 Å². The molecule has 3 nitrogen and oxygen atoms in total. The first-order valence-electron chi connectivity index (χ1n) is 6.18. The molecule has 1 N–H and O–H groups in total. The van der Waals surface area contributed by atoms with Crippen molar-refractivity contribution in [3.05, 3.63) is 34.5 Å². The molecule has 1 aromatic carbocycles. The Balaban J connectivity index is 2.62. The third kappa shape index (κ3) is 2.01. The second-order valence-corrected chi connectivity index (χ2v) is 5.00. The molecule has 0 aliphatic rings. The first-order chi connectivity index (χ1) is 8.41. The zero-order chi connectivity index (χ0) is 13.4. The number of nitrogens with zero attached hydrogens (tertiary/aromatic N) is 1. The number of carboxylic acid groups (broad SMARTS) is 1. The molecule has 0 fully saturated rings. The van der Waals surface area contributed by atoms with Crippen molar-refractivity contribution < 1.29 is 9.90 Å². The van der Waals surface area contributed by atoms with Crippen molar-refractivity contribution in [2.24, 2.45) is 7.05 Å². The zero-order valence-corrected chi connectivity index (χ0v) is 11.4. The van der Waals surface area contributed by atoms with E-state index in [-0.39, 0.29) is 6.42 Å². The summed E-state index contributed by atoms with van der Waals surface area (Å²) in [5, 5.41) is 10.1. The number of aryl methyl sites for hydroxylation is 4. The second kappa shape index (κ2) is 4.48. The van der Waals surface area contributed by atoms with E-state index in [9.17, 15) is 4.79 Å². The monoisotopic (exact) mass is 245 g/mol. The molecule has 1 aromatic heterocycles. The van der Waals surface area contributed by atoms with Crippen LogP contribution in [-0.4, -0.2) is 15.6 Å². The van der Waals surface area contributed by atoms with E-state index < -0.39 is 5.97 Å². The molecule has 0 aliphatic carbocycles. The maximum atomic E-state index is 10.7. The van der Waals surface area contributed by atoms with Gasteiger partial charge < -0.3 is 9.67 Å².